The fourth-order valence-corrected chi connectivity index (χ4v) is 2.86. The molecule has 7 heteroatoms. The van der Waals surface area contributed by atoms with Crippen molar-refractivity contribution in [2.75, 3.05) is 39.6 Å². The average molecular weight is 298 g/mol. The molecule has 0 amide bonds. The van der Waals surface area contributed by atoms with Crippen molar-refractivity contribution < 1.29 is 14.6 Å². The molecule has 3 unspecified atom stereocenters. The van der Waals surface area contributed by atoms with Crippen LogP contribution in [0.15, 0.2) is 0 Å². The summed E-state index contributed by atoms with van der Waals surface area (Å²) in [6, 6.07) is 0. The number of aliphatic hydroxyl groups is 1. The van der Waals surface area contributed by atoms with E-state index in [1.807, 2.05) is 13.8 Å². The Hall–Kier alpha value is -1.15. The summed E-state index contributed by atoms with van der Waals surface area (Å²) in [4.78, 5) is 2.15. The van der Waals surface area contributed by atoms with Crippen molar-refractivity contribution in [2.45, 2.75) is 38.7 Å². The molecule has 0 bridgehead atoms. The summed E-state index contributed by atoms with van der Waals surface area (Å²) in [6.45, 7) is 6.34. The highest BCUT2D eigenvalue weighted by Crippen LogP contribution is 2.18. The lowest BCUT2D eigenvalue weighted by molar-refractivity contribution is -0.00461. The minimum absolute atomic E-state index is 0.0616. The highest BCUT2D eigenvalue weighted by Gasteiger charge is 2.33. The van der Waals surface area contributed by atoms with E-state index >= 15 is 0 Å². The van der Waals surface area contributed by atoms with Gasteiger partial charge in [-0.05, 0) is 13.8 Å². The fraction of sp³-hybridized carbons (Fsp3) is 0.786. The van der Waals surface area contributed by atoms with Crippen molar-refractivity contribution in [1.82, 2.24) is 14.7 Å². The number of ether oxygens (including phenoxy) is 2. The maximum absolute atomic E-state index is 10.3. The molecule has 1 aromatic rings. The summed E-state index contributed by atoms with van der Waals surface area (Å²) in [7, 11) is 3.38. The highest BCUT2D eigenvalue weighted by molar-refractivity contribution is 5.46. The van der Waals surface area contributed by atoms with Gasteiger partial charge in [-0.2, -0.15) is 5.10 Å². The Bertz CT molecular complexity index is 465. The van der Waals surface area contributed by atoms with E-state index < -0.39 is 6.10 Å². The Labute approximate surface area is 125 Å². The monoisotopic (exact) mass is 298 g/mol. The van der Waals surface area contributed by atoms with E-state index in [0.717, 1.165) is 24.5 Å². The molecule has 7 nitrogen and oxygen atoms in total. The van der Waals surface area contributed by atoms with Gasteiger partial charge in [0.1, 0.15) is 0 Å². The van der Waals surface area contributed by atoms with E-state index in [4.69, 9.17) is 15.2 Å². The van der Waals surface area contributed by atoms with Crippen molar-refractivity contribution in [3.63, 3.8) is 0 Å². The van der Waals surface area contributed by atoms with Gasteiger partial charge in [0.2, 0.25) is 0 Å². The molecular weight excluding hydrogens is 272 g/mol. The number of anilines is 1. The molecule has 2 heterocycles. The van der Waals surface area contributed by atoms with Crippen LogP contribution < -0.4 is 5.73 Å². The summed E-state index contributed by atoms with van der Waals surface area (Å²) in [5.74, 6) is 0. The first kappa shape index (κ1) is 16.2. The maximum atomic E-state index is 10.3. The third-order valence-electron chi connectivity index (χ3n) is 4.19. The van der Waals surface area contributed by atoms with Crippen molar-refractivity contribution in [3.8, 4) is 0 Å². The van der Waals surface area contributed by atoms with Gasteiger partial charge in [0.05, 0.1) is 41.9 Å². The van der Waals surface area contributed by atoms with Gasteiger partial charge < -0.3 is 20.3 Å². The van der Waals surface area contributed by atoms with Gasteiger partial charge in [0.15, 0.2) is 0 Å². The van der Waals surface area contributed by atoms with E-state index in [-0.39, 0.29) is 12.2 Å². The molecule has 2 rings (SSSR count). The molecule has 3 N–H and O–H groups in total. The summed E-state index contributed by atoms with van der Waals surface area (Å²) in [6.07, 6.45) is -0.381. The zero-order valence-electron chi connectivity index (χ0n) is 13.2. The van der Waals surface area contributed by atoms with E-state index in [1.165, 1.54) is 0 Å². The Morgan fingerprint density at radius 3 is 2.24 bits per heavy atom. The second kappa shape index (κ2) is 6.74. The Morgan fingerprint density at radius 2 is 1.81 bits per heavy atom. The normalized spacial score (nSPS) is 24.6. The molecule has 120 valence electrons. The third kappa shape index (κ3) is 3.55. The molecule has 1 aromatic heterocycles. The molecule has 21 heavy (non-hydrogen) atoms. The molecule has 1 aliphatic heterocycles. The number of methoxy groups -OCH3 is 2. The summed E-state index contributed by atoms with van der Waals surface area (Å²) in [5, 5.41) is 14.6. The van der Waals surface area contributed by atoms with Crippen molar-refractivity contribution >= 4 is 5.69 Å². The van der Waals surface area contributed by atoms with E-state index in [0.29, 0.717) is 18.8 Å². The number of aryl methyl sites for hydroxylation is 1. The first-order chi connectivity index (χ1) is 9.96. The fourth-order valence-electron chi connectivity index (χ4n) is 2.86. The second-order valence-corrected chi connectivity index (χ2v) is 5.69. The number of β-amino-alcohol motifs (C(OH)–C–C–N with tert-alkyl or cyclic N) is 1. The van der Waals surface area contributed by atoms with Crippen LogP contribution >= 0.6 is 0 Å². The summed E-state index contributed by atoms with van der Waals surface area (Å²) in [5.41, 5.74) is 8.31. The third-order valence-corrected chi connectivity index (χ3v) is 4.19. The number of nitrogen functional groups attached to an aromatic ring is 1. The van der Waals surface area contributed by atoms with Crippen molar-refractivity contribution in [3.05, 3.63) is 11.4 Å². The number of nitrogens with zero attached hydrogens (tertiary/aromatic N) is 3. The van der Waals surface area contributed by atoms with E-state index in [1.54, 1.807) is 18.9 Å². The lowest BCUT2D eigenvalue weighted by atomic mass is 10.3. The van der Waals surface area contributed by atoms with Crippen LogP contribution in [0.3, 0.4) is 0 Å². The number of aromatic nitrogens is 2. The zero-order valence-corrected chi connectivity index (χ0v) is 13.2. The number of hydrogen-bond acceptors (Lipinski definition) is 6. The van der Waals surface area contributed by atoms with Gasteiger partial charge in [-0.1, -0.05) is 0 Å². The van der Waals surface area contributed by atoms with Gasteiger partial charge in [0.25, 0.3) is 0 Å². The van der Waals surface area contributed by atoms with Crippen LogP contribution in [-0.4, -0.2) is 72.0 Å². The summed E-state index contributed by atoms with van der Waals surface area (Å²) < 4.78 is 12.6. The van der Waals surface area contributed by atoms with Gasteiger partial charge in [-0.15, -0.1) is 0 Å². The van der Waals surface area contributed by atoms with Crippen LogP contribution in [0.4, 0.5) is 5.69 Å². The van der Waals surface area contributed by atoms with E-state index in [2.05, 4.69) is 10.00 Å². The van der Waals surface area contributed by atoms with Crippen LogP contribution in [0, 0.1) is 13.8 Å². The molecule has 0 aromatic carbocycles. The van der Waals surface area contributed by atoms with Gasteiger partial charge in [0, 0.05) is 33.9 Å². The molecule has 0 aliphatic carbocycles. The van der Waals surface area contributed by atoms with Crippen LogP contribution in [0.2, 0.25) is 0 Å². The molecule has 0 saturated carbocycles. The van der Waals surface area contributed by atoms with Crippen molar-refractivity contribution in [2.24, 2.45) is 0 Å². The number of aliphatic hydroxyl groups excluding tert-OH is 1. The average Bonchev–Trinajstić information content (AvgIpc) is 2.95. The first-order valence-corrected chi connectivity index (χ1v) is 7.21. The predicted octanol–water partition coefficient (Wildman–Crippen LogP) is -0.211. The predicted molar refractivity (Wildman–Crippen MR) is 80.2 cm³/mol. The molecule has 3 atom stereocenters. The molecule has 0 radical (unpaired) electrons. The molecule has 1 fully saturated rings. The second-order valence-electron chi connectivity index (χ2n) is 5.69. The topological polar surface area (TPSA) is 85.8 Å². The van der Waals surface area contributed by atoms with Crippen molar-refractivity contribution in [1.29, 1.82) is 0 Å². The minimum atomic E-state index is -0.504. The van der Waals surface area contributed by atoms with Crippen LogP contribution in [0.5, 0.6) is 0 Å². The number of rotatable bonds is 6. The Morgan fingerprint density at radius 1 is 1.24 bits per heavy atom. The molecule has 1 aliphatic rings. The Balaban J connectivity index is 1.90. The smallest absolute Gasteiger partial charge is 0.0971 e. The number of likely N-dealkylation sites (tertiary alicyclic amines) is 1. The largest absolute Gasteiger partial charge is 0.396 e. The quantitative estimate of drug-likeness (QED) is 0.756. The number of nitrogens with two attached hydrogens (primary N) is 1. The molecule has 0 spiro atoms. The number of hydrogen-bond donors (Lipinski definition) is 2. The molecule has 1 saturated heterocycles. The summed E-state index contributed by atoms with van der Waals surface area (Å²) >= 11 is 0. The van der Waals surface area contributed by atoms with Gasteiger partial charge in [-0.25, -0.2) is 0 Å². The van der Waals surface area contributed by atoms with Gasteiger partial charge in [-0.3, -0.25) is 9.58 Å². The SMILES string of the molecule is COC1CN(CC(O)Cn2nc(C)c(N)c2C)CC1OC. The lowest BCUT2D eigenvalue weighted by Gasteiger charge is -2.20. The van der Waals surface area contributed by atoms with Gasteiger partial charge >= 0.3 is 0 Å². The van der Waals surface area contributed by atoms with Crippen LogP contribution in [0.25, 0.3) is 0 Å². The van der Waals surface area contributed by atoms with Crippen LogP contribution in [-0.2, 0) is 16.0 Å². The zero-order chi connectivity index (χ0) is 15.6. The lowest BCUT2D eigenvalue weighted by Crippen LogP contribution is -2.34. The molecular formula is C14H26N4O3. The standard InChI is InChI=1S/C14H26N4O3/c1-9-14(15)10(2)18(16-9)6-11(19)5-17-7-12(20-3)13(8-17)21-4/h11-13,19H,5-8,15H2,1-4H3. The highest BCUT2D eigenvalue weighted by atomic mass is 16.5. The van der Waals surface area contributed by atoms with Crippen LogP contribution in [0.1, 0.15) is 11.4 Å². The Kier molecular flexibility index (Phi) is 5.21. The maximum Gasteiger partial charge on any atom is 0.0971 e. The minimum Gasteiger partial charge on any atom is -0.396 e. The first-order valence-electron chi connectivity index (χ1n) is 7.21. The van der Waals surface area contributed by atoms with E-state index in [9.17, 15) is 5.11 Å².